The average Bonchev–Trinajstić information content (AvgIpc) is 1.97. The van der Waals surface area contributed by atoms with Crippen molar-refractivity contribution < 1.29 is 0 Å². The molecule has 1 radical (unpaired) electrons. The molecule has 0 saturated heterocycles. The van der Waals surface area contributed by atoms with Crippen LogP contribution in [-0.4, -0.2) is 0 Å². The maximum absolute atomic E-state index is 4.05. The summed E-state index contributed by atoms with van der Waals surface area (Å²) < 4.78 is 0. The van der Waals surface area contributed by atoms with E-state index in [0.717, 1.165) is 11.8 Å². The summed E-state index contributed by atoms with van der Waals surface area (Å²) in [4.78, 5) is 0. The van der Waals surface area contributed by atoms with Crippen molar-refractivity contribution in [1.82, 2.24) is 0 Å². The molecule has 0 nitrogen and oxygen atoms in total. The molecule has 2 unspecified atom stereocenters. The minimum atomic E-state index is 0.627. The van der Waals surface area contributed by atoms with Gasteiger partial charge in [0.05, 0.1) is 0 Å². The van der Waals surface area contributed by atoms with Crippen molar-refractivity contribution in [3.63, 3.8) is 0 Å². The maximum Gasteiger partial charge on any atom is -0.0414 e. The molecule has 0 rings (SSSR count). The monoisotopic (exact) mass is 169 g/mol. The zero-order chi connectivity index (χ0) is 9.56. The fourth-order valence-corrected chi connectivity index (χ4v) is 1.63. The summed E-state index contributed by atoms with van der Waals surface area (Å²) in [5, 5.41) is 0. The molecule has 0 heteroatoms. The molecule has 0 heterocycles. The molecule has 2 atom stereocenters. The smallest absolute Gasteiger partial charge is 0.0414 e. The van der Waals surface area contributed by atoms with Gasteiger partial charge in [-0.15, -0.1) is 0 Å². The van der Waals surface area contributed by atoms with Gasteiger partial charge in [0.2, 0.25) is 0 Å². The Morgan fingerprint density at radius 3 is 2.00 bits per heavy atom. The van der Waals surface area contributed by atoms with Crippen molar-refractivity contribution in [2.24, 2.45) is 17.8 Å². The molecule has 73 valence electrons. The summed E-state index contributed by atoms with van der Waals surface area (Å²) in [6.45, 7) is 13.2. The summed E-state index contributed by atoms with van der Waals surface area (Å²) in [7, 11) is 0. The van der Waals surface area contributed by atoms with Crippen LogP contribution in [0.15, 0.2) is 0 Å². The third kappa shape index (κ3) is 6.69. The Balaban J connectivity index is 3.53. The van der Waals surface area contributed by atoms with Crippen LogP contribution in [0.5, 0.6) is 0 Å². The summed E-state index contributed by atoms with van der Waals surface area (Å²) >= 11 is 0. The molecule has 0 aliphatic rings. The molecule has 0 N–H and O–H groups in total. The predicted molar refractivity (Wildman–Crippen MR) is 57.0 cm³/mol. The maximum atomic E-state index is 4.05. The molecule has 0 fully saturated rings. The molecule has 12 heavy (non-hydrogen) atoms. The second-order valence-electron chi connectivity index (χ2n) is 4.59. The molecule has 0 saturated carbocycles. The quantitative estimate of drug-likeness (QED) is 0.556. The molecule has 0 aromatic carbocycles. The Hall–Kier alpha value is 0. The van der Waals surface area contributed by atoms with Gasteiger partial charge in [-0.3, -0.25) is 0 Å². The fraction of sp³-hybridized carbons (Fsp3) is 0.917. The van der Waals surface area contributed by atoms with E-state index in [1.807, 2.05) is 0 Å². The standard InChI is InChI=1S/C12H25/c1-6-12(9-11(4)5)8-7-10(2)3/h10-12H,4,6-9H2,1-3,5H3. The largest absolute Gasteiger partial charge is 0.0651 e. The lowest BCUT2D eigenvalue weighted by molar-refractivity contribution is 0.360. The Bertz CT molecular complexity index is 92.2. The Morgan fingerprint density at radius 2 is 1.67 bits per heavy atom. The molecule has 0 aliphatic carbocycles. The van der Waals surface area contributed by atoms with Crippen molar-refractivity contribution >= 4 is 0 Å². The summed E-state index contributed by atoms with van der Waals surface area (Å²) in [5.41, 5.74) is 0. The minimum Gasteiger partial charge on any atom is -0.0651 e. The van der Waals surface area contributed by atoms with Crippen molar-refractivity contribution in [3.05, 3.63) is 6.92 Å². The molecule has 0 amide bonds. The van der Waals surface area contributed by atoms with Crippen LogP contribution >= 0.6 is 0 Å². The molecule has 0 spiro atoms. The first-order valence-corrected chi connectivity index (χ1v) is 5.39. The first-order valence-electron chi connectivity index (χ1n) is 5.39. The van der Waals surface area contributed by atoms with Crippen molar-refractivity contribution in [2.45, 2.75) is 53.4 Å². The number of hydrogen-bond donors (Lipinski definition) is 0. The average molecular weight is 169 g/mol. The van der Waals surface area contributed by atoms with Gasteiger partial charge in [0.15, 0.2) is 0 Å². The summed E-state index contributed by atoms with van der Waals surface area (Å²) in [6.07, 6.45) is 5.41. The third-order valence-electron chi connectivity index (χ3n) is 2.47. The highest BCUT2D eigenvalue weighted by molar-refractivity contribution is 4.64. The van der Waals surface area contributed by atoms with E-state index >= 15 is 0 Å². The van der Waals surface area contributed by atoms with Crippen LogP contribution in [0.1, 0.15) is 53.4 Å². The highest BCUT2D eigenvalue weighted by Crippen LogP contribution is 2.22. The van der Waals surface area contributed by atoms with Gasteiger partial charge in [0.1, 0.15) is 0 Å². The first kappa shape index (κ1) is 12.0. The van der Waals surface area contributed by atoms with Crippen LogP contribution in [0, 0.1) is 24.7 Å². The molecule has 0 aliphatic heterocycles. The first-order chi connectivity index (χ1) is 5.56. The van der Waals surface area contributed by atoms with Gasteiger partial charge in [-0.2, -0.15) is 0 Å². The van der Waals surface area contributed by atoms with Crippen LogP contribution in [-0.2, 0) is 0 Å². The van der Waals surface area contributed by atoms with Gasteiger partial charge in [-0.05, 0) is 24.2 Å². The van der Waals surface area contributed by atoms with Gasteiger partial charge >= 0.3 is 0 Å². The van der Waals surface area contributed by atoms with E-state index in [2.05, 4.69) is 34.6 Å². The number of hydrogen-bond acceptors (Lipinski definition) is 0. The molecular weight excluding hydrogens is 144 g/mol. The highest BCUT2D eigenvalue weighted by Gasteiger charge is 2.08. The second-order valence-corrected chi connectivity index (χ2v) is 4.59. The highest BCUT2D eigenvalue weighted by atomic mass is 14.1. The second kappa shape index (κ2) is 6.51. The van der Waals surface area contributed by atoms with Gasteiger partial charge in [-0.25, -0.2) is 0 Å². The molecule has 0 aromatic rings. The van der Waals surface area contributed by atoms with Crippen molar-refractivity contribution in [3.8, 4) is 0 Å². The lowest BCUT2D eigenvalue weighted by atomic mass is 9.89. The topological polar surface area (TPSA) is 0 Å². The van der Waals surface area contributed by atoms with E-state index in [9.17, 15) is 0 Å². The third-order valence-corrected chi connectivity index (χ3v) is 2.47. The van der Waals surface area contributed by atoms with Crippen LogP contribution in [0.3, 0.4) is 0 Å². The van der Waals surface area contributed by atoms with E-state index < -0.39 is 0 Å². The Kier molecular flexibility index (Phi) is 6.51. The van der Waals surface area contributed by atoms with Crippen LogP contribution in [0.4, 0.5) is 0 Å². The fourth-order valence-electron chi connectivity index (χ4n) is 1.63. The van der Waals surface area contributed by atoms with Gasteiger partial charge in [0.25, 0.3) is 0 Å². The van der Waals surface area contributed by atoms with E-state index in [0.29, 0.717) is 5.92 Å². The Labute approximate surface area is 78.8 Å². The molecular formula is C12H25. The summed E-state index contributed by atoms with van der Waals surface area (Å²) in [5.74, 6) is 2.40. The van der Waals surface area contributed by atoms with E-state index in [-0.39, 0.29) is 0 Å². The predicted octanol–water partition coefficient (Wildman–Crippen LogP) is 4.31. The zero-order valence-corrected chi connectivity index (χ0v) is 9.27. The minimum absolute atomic E-state index is 0.627. The van der Waals surface area contributed by atoms with Crippen LogP contribution in [0.2, 0.25) is 0 Å². The molecule has 0 aromatic heterocycles. The van der Waals surface area contributed by atoms with E-state index in [1.165, 1.54) is 25.7 Å². The van der Waals surface area contributed by atoms with E-state index in [4.69, 9.17) is 0 Å². The van der Waals surface area contributed by atoms with E-state index in [1.54, 1.807) is 0 Å². The normalized spacial score (nSPS) is 14.2. The zero-order valence-electron chi connectivity index (χ0n) is 9.27. The van der Waals surface area contributed by atoms with Crippen LogP contribution in [0.25, 0.3) is 0 Å². The van der Waals surface area contributed by atoms with Gasteiger partial charge in [-0.1, -0.05) is 53.9 Å². The van der Waals surface area contributed by atoms with Crippen molar-refractivity contribution in [1.29, 1.82) is 0 Å². The lowest BCUT2D eigenvalue weighted by Gasteiger charge is -2.17. The summed E-state index contributed by atoms with van der Waals surface area (Å²) in [6, 6.07) is 0. The Morgan fingerprint density at radius 1 is 1.08 bits per heavy atom. The van der Waals surface area contributed by atoms with Gasteiger partial charge < -0.3 is 0 Å². The number of rotatable bonds is 6. The lowest BCUT2D eigenvalue weighted by Crippen LogP contribution is -2.05. The SMILES string of the molecule is [CH2]C(C)CC(CC)CCC(C)C. The molecule has 0 bridgehead atoms. The van der Waals surface area contributed by atoms with Crippen LogP contribution < -0.4 is 0 Å². The van der Waals surface area contributed by atoms with Gasteiger partial charge in [0, 0.05) is 0 Å². The van der Waals surface area contributed by atoms with Crippen molar-refractivity contribution in [2.75, 3.05) is 0 Å².